The summed E-state index contributed by atoms with van der Waals surface area (Å²) in [6.45, 7) is 0. The van der Waals surface area contributed by atoms with Gasteiger partial charge in [0.15, 0.2) is 0 Å². The van der Waals surface area contributed by atoms with E-state index >= 15 is 0 Å². The number of aromatic nitrogens is 1. The maximum atomic E-state index is 6.43. The molecule has 0 bridgehead atoms. The molecule has 0 saturated heterocycles. The zero-order valence-corrected chi connectivity index (χ0v) is 11.3. The first-order valence-corrected chi connectivity index (χ1v) is 7.90. The molecule has 3 rings (SSSR count). The van der Waals surface area contributed by atoms with Crippen molar-refractivity contribution in [2.45, 2.75) is 63.8 Å². The van der Waals surface area contributed by atoms with Crippen molar-refractivity contribution in [2.24, 2.45) is 11.7 Å². The molecule has 1 heterocycles. The van der Waals surface area contributed by atoms with Gasteiger partial charge >= 0.3 is 0 Å². The van der Waals surface area contributed by atoms with Crippen LogP contribution >= 0.6 is 11.3 Å². The monoisotopic (exact) mass is 250 g/mol. The molecule has 0 amide bonds. The topological polar surface area (TPSA) is 38.9 Å². The van der Waals surface area contributed by atoms with E-state index in [0.29, 0.717) is 5.92 Å². The Labute approximate surface area is 108 Å². The van der Waals surface area contributed by atoms with Crippen LogP contribution in [0.1, 0.15) is 66.6 Å². The molecule has 0 aliphatic heterocycles. The number of hydrogen-bond acceptors (Lipinski definition) is 3. The number of nitrogens with two attached hydrogens (primary N) is 1. The van der Waals surface area contributed by atoms with Gasteiger partial charge in [0.05, 0.1) is 11.7 Å². The Kier molecular flexibility index (Phi) is 3.48. The molecule has 1 fully saturated rings. The zero-order valence-electron chi connectivity index (χ0n) is 10.5. The van der Waals surface area contributed by atoms with Gasteiger partial charge in [-0.15, -0.1) is 11.3 Å². The van der Waals surface area contributed by atoms with Gasteiger partial charge in [-0.1, -0.05) is 19.3 Å². The molecule has 1 atom stereocenters. The molecule has 3 heteroatoms. The lowest BCUT2D eigenvalue weighted by Gasteiger charge is -2.25. The summed E-state index contributed by atoms with van der Waals surface area (Å²) < 4.78 is 0. The molecule has 2 aliphatic rings. The molecular weight excluding hydrogens is 228 g/mol. The van der Waals surface area contributed by atoms with Crippen molar-refractivity contribution in [3.63, 3.8) is 0 Å². The Balaban J connectivity index is 1.76. The second-order valence-electron chi connectivity index (χ2n) is 5.55. The van der Waals surface area contributed by atoms with Crippen LogP contribution in [0.25, 0.3) is 0 Å². The third-order valence-electron chi connectivity index (χ3n) is 4.31. The minimum absolute atomic E-state index is 0.214. The van der Waals surface area contributed by atoms with Crippen LogP contribution in [0.4, 0.5) is 0 Å². The van der Waals surface area contributed by atoms with E-state index in [-0.39, 0.29) is 6.04 Å². The van der Waals surface area contributed by atoms with Crippen molar-refractivity contribution in [1.29, 1.82) is 0 Å². The summed E-state index contributed by atoms with van der Waals surface area (Å²) in [4.78, 5) is 6.34. The summed E-state index contributed by atoms with van der Waals surface area (Å²) in [6, 6.07) is 0.214. The van der Waals surface area contributed by atoms with Gasteiger partial charge in [-0.2, -0.15) is 0 Å². The number of thiazole rings is 1. The van der Waals surface area contributed by atoms with Gasteiger partial charge in [0.1, 0.15) is 5.01 Å². The third kappa shape index (κ3) is 2.41. The van der Waals surface area contributed by atoms with Gasteiger partial charge in [0, 0.05) is 4.88 Å². The van der Waals surface area contributed by atoms with Crippen LogP contribution in [-0.2, 0) is 12.8 Å². The van der Waals surface area contributed by atoms with E-state index in [2.05, 4.69) is 0 Å². The van der Waals surface area contributed by atoms with E-state index in [1.165, 1.54) is 73.4 Å². The van der Waals surface area contributed by atoms with Gasteiger partial charge in [0.25, 0.3) is 0 Å². The first kappa shape index (κ1) is 11.7. The quantitative estimate of drug-likeness (QED) is 0.871. The number of aryl methyl sites for hydroxylation is 2. The van der Waals surface area contributed by atoms with E-state index in [9.17, 15) is 0 Å². The van der Waals surface area contributed by atoms with Gasteiger partial charge in [0.2, 0.25) is 0 Å². The molecule has 2 N–H and O–H groups in total. The molecular formula is C14H22N2S. The Morgan fingerprint density at radius 1 is 1.06 bits per heavy atom. The molecule has 94 valence electrons. The van der Waals surface area contributed by atoms with Gasteiger partial charge in [-0.25, -0.2) is 4.98 Å². The van der Waals surface area contributed by atoms with E-state index in [0.717, 1.165) is 0 Å². The summed E-state index contributed by atoms with van der Waals surface area (Å²) in [5, 5.41) is 1.23. The molecule has 17 heavy (non-hydrogen) atoms. The normalized spacial score (nSPS) is 23.4. The average molecular weight is 250 g/mol. The summed E-state index contributed by atoms with van der Waals surface area (Å²) in [7, 11) is 0. The van der Waals surface area contributed by atoms with E-state index in [1.807, 2.05) is 11.3 Å². The van der Waals surface area contributed by atoms with Crippen LogP contribution in [0.5, 0.6) is 0 Å². The Bertz CT molecular complexity index is 356. The highest BCUT2D eigenvalue weighted by Crippen LogP contribution is 2.36. The molecule has 2 nitrogen and oxygen atoms in total. The fourth-order valence-electron chi connectivity index (χ4n) is 3.21. The standard InChI is InChI=1S/C14H22N2S/c15-13(10-6-2-1-3-7-10)14-16-11-8-4-5-9-12(11)17-14/h10,13H,1-9,15H2. The smallest absolute Gasteiger partial charge is 0.110 e. The van der Waals surface area contributed by atoms with E-state index < -0.39 is 0 Å². The Morgan fingerprint density at radius 2 is 1.82 bits per heavy atom. The minimum atomic E-state index is 0.214. The summed E-state index contributed by atoms with van der Waals surface area (Å²) in [5.41, 5.74) is 7.79. The molecule has 0 spiro atoms. The SMILES string of the molecule is NC(c1nc2c(s1)CCCC2)C1CCCCC1. The highest BCUT2D eigenvalue weighted by Gasteiger charge is 2.26. The van der Waals surface area contributed by atoms with Crippen LogP contribution < -0.4 is 5.73 Å². The van der Waals surface area contributed by atoms with Crippen molar-refractivity contribution in [1.82, 2.24) is 4.98 Å². The van der Waals surface area contributed by atoms with Crippen LogP contribution in [0, 0.1) is 5.92 Å². The lowest BCUT2D eigenvalue weighted by molar-refractivity contribution is 0.307. The van der Waals surface area contributed by atoms with Crippen molar-refractivity contribution in [3.8, 4) is 0 Å². The molecule has 1 aromatic rings. The fourth-order valence-corrected chi connectivity index (χ4v) is 4.46. The molecule has 1 saturated carbocycles. The minimum Gasteiger partial charge on any atom is -0.322 e. The van der Waals surface area contributed by atoms with E-state index in [4.69, 9.17) is 10.7 Å². The maximum absolute atomic E-state index is 6.43. The Hall–Kier alpha value is -0.410. The lowest BCUT2D eigenvalue weighted by atomic mass is 9.84. The summed E-state index contributed by atoms with van der Waals surface area (Å²) in [5.74, 6) is 0.691. The van der Waals surface area contributed by atoms with Crippen molar-refractivity contribution in [2.75, 3.05) is 0 Å². The third-order valence-corrected chi connectivity index (χ3v) is 5.56. The van der Waals surface area contributed by atoms with E-state index in [1.54, 1.807) is 0 Å². The summed E-state index contributed by atoms with van der Waals surface area (Å²) in [6.07, 6.45) is 11.8. The van der Waals surface area contributed by atoms with Crippen molar-refractivity contribution >= 4 is 11.3 Å². The number of fused-ring (bicyclic) bond motifs is 1. The predicted molar refractivity (Wildman–Crippen MR) is 72.3 cm³/mol. The highest BCUT2D eigenvalue weighted by atomic mass is 32.1. The molecule has 1 unspecified atom stereocenters. The first-order valence-electron chi connectivity index (χ1n) is 7.08. The summed E-state index contributed by atoms with van der Waals surface area (Å²) >= 11 is 1.90. The van der Waals surface area contributed by atoms with Crippen molar-refractivity contribution in [3.05, 3.63) is 15.6 Å². The number of rotatable bonds is 2. The largest absolute Gasteiger partial charge is 0.322 e. The predicted octanol–water partition coefficient (Wildman–Crippen LogP) is 3.60. The van der Waals surface area contributed by atoms with Gasteiger partial charge in [-0.3, -0.25) is 0 Å². The number of hydrogen-bond donors (Lipinski definition) is 1. The van der Waals surface area contributed by atoms with Gasteiger partial charge < -0.3 is 5.73 Å². The lowest BCUT2D eigenvalue weighted by Crippen LogP contribution is -2.23. The van der Waals surface area contributed by atoms with Crippen LogP contribution in [0.15, 0.2) is 0 Å². The van der Waals surface area contributed by atoms with Crippen LogP contribution in [-0.4, -0.2) is 4.98 Å². The van der Waals surface area contributed by atoms with Crippen LogP contribution in [0.2, 0.25) is 0 Å². The first-order chi connectivity index (χ1) is 8.34. The van der Waals surface area contributed by atoms with Crippen LogP contribution in [0.3, 0.4) is 0 Å². The fraction of sp³-hybridized carbons (Fsp3) is 0.786. The molecule has 0 aromatic carbocycles. The molecule has 2 aliphatic carbocycles. The Morgan fingerprint density at radius 3 is 2.59 bits per heavy atom. The number of nitrogens with zero attached hydrogens (tertiary/aromatic N) is 1. The highest BCUT2D eigenvalue weighted by molar-refractivity contribution is 7.11. The van der Waals surface area contributed by atoms with Crippen molar-refractivity contribution < 1.29 is 0 Å². The molecule has 0 radical (unpaired) electrons. The molecule has 1 aromatic heterocycles. The average Bonchev–Trinajstić information content (AvgIpc) is 2.82. The van der Waals surface area contributed by atoms with Gasteiger partial charge in [-0.05, 0) is 44.4 Å². The second-order valence-corrected chi connectivity index (χ2v) is 6.67. The maximum Gasteiger partial charge on any atom is 0.110 e. The second kappa shape index (κ2) is 5.07. The zero-order chi connectivity index (χ0) is 11.7.